The smallest absolute Gasteiger partial charge is 0.303 e. The number of rotatable bonds is 6. The van der Waals surface area contributed by atoms with Crippen LogP contribution in [0.5, 0.6) is 0 Å². The van der Waals surface area contributed by atoms with Gasteiger partial charge >= 0.3 is 5.97 Å². The van der Waals surface area contributed by atoms with E-state index in [0.29, 0.717) is 6.42 Å². The van der Waals surface area contributed by atoms with Crippen LogP contribution in [0.4, 0.5) is 0 Å². The van der Waals surface area contributed by atoms with E-state index in [-0.39, 0.29) is 12.3 Å². The molecule has 0 radical (unpaired) electrons. The molecule has 1 unspecified atom stereocenters. The fourth-order valence-electron chi connectivity index (χ4n) is 2.23. The first kappa shape index (κ1) is 14.1. The van der Waals surface area contributed by atoms with Gasteiger partial charge in [-0.25, -0.2) is 4.99 Å². The highest BCUT2D eigenvalue weighted by Gasteiger charge is 2.16. The number of hydrogen-bond acceptors (Lipinski definition) is 3. The summed E-state index contributed by atoms with van der Waals surface area (Å²) < 4.78 is 0. The second-order valence-corrected chi connectivity index (χ2v) is 4.62. The van der Waals surface area contributed by atoms with Crippen molar-refractivity contribution >= 4 is 12.3 Å². The fourth-order valence-corrected chi connectivity index (χ4v) is 2.23. The van der Waals surface area contributed by atoms with E-state index in [1.807, 2.05) is 36.6 Å². The zero-order chi connectivity index (χ0) is 14.2. The molecule has 0 aliphatic carbocycles. The molecule has 0 saturated heterocycles. The number of nitrogens with one attached hydrogen (secondary N) is 1. The molecule has 0 saturated carbocycles. The molecule has 104 valence electrons. The van der Waals surface area contributed by atoms with Gasteiger partial charge in [0, 0.05) is 24.2 Å². The molecule has 4 heteroatoms. The first-order valence-electron chi connectivity index (χ1n) is 6.69. The van der Waals surface area contributed by atoms with Crippen molar-refractivity contribution in [1.82, 2.24) is 5.32 Å². The molecule has 0 amide bonds. The summed E-state index contributed by atoms with van der Waals surface area (Å²) >= 11 is 0. The molecule has 1 aromatic rings. The topological polar surface area (TPSA) is 61.7 Å². The number of benzene rings is 1. The van der Waals surface area contributed by atoms with Crippen molar-refractivity contribution in [2.24, 2.45) is 4.99 Å². The van der Waals surface area contributed by atoms with E-state index in [1.54, 1.807) is 6.34 Å². The van der Waals surface area contributed by atoms with Gasteiger partial charge in [-0.2, -0.15) is 0 Å². The molecule has 2 N–H and O–H groups in total. The average Bonchev–Trinajstić information content (AvgIpc) is 2.73. The van der Waals surface area contributed by atoms with E-state index in [4.69, 9.17) is 5.11 Å². The fraction of sp³-hybridized carbons (Fsp3) is 0.250. The third-order valence-corrected chi connectivity index (χ3v) is 3.19. The number of carboxylic acids is 1. The molecule has 0 spiro atoms. The Kier molecular flexibility index (Phi) is 5.12. The van der Waals surface area contributed by atoms with Crippen LogP contribution in [-0.4, -0.2) is 17.4 Å². The summed E-state index contributed by atoms with van der Waals surface area (Å²) in [6.45, 7) is 0. The molecule has 1 aliphatic rings. The van der Waals surface area contributed by atoms with E-state index < -0.39 is 5.97 Å². The van der Waals surface area contributed by atoms with E-state index in [2.05, 4.69) is 22.4 Å². The number of allylic oxidation sites excluding steroid dienone is 3. The molecule has 20 heavy (non-hydrogen) atoms. The normalized spacial score (nSPS) is 15.1. The predicted octanol–water partition coefficient (Wildman–Crippen LogP) is 3.05. The highest BCUT2D eigenvalue weighted by molar-refractivity contribution is 5.66. The maximum Gasteiger partial charge on any atom is 0.303 e. The van der Waals surface area contributed by atoms with Gasteiger partial charge in [0.15, 0.2) is 0 Å². The summed E-state index contributed by atoms with van der Waals surface area (Å²) in [5, 5.41) is 11.7. The number of nitrogens with zero attached hydrogens (tertiary/aromatic N) is 1. The van der Waals surface area contributed by atoms with Gasteiger partial charge < -0.3 is 10.4 Å². The number of hydrogen-bond donors (Lipinski definition) is 2. The number of aliphatic imine (C=N–C) groups is 1. The summed E-state index contributed by atoms with van der Waals surface area (Å²) in [7, 11) is 0. The summed E-state index contributed by atoms with van der Waals surface area (Å²) in [5.41, 5.74) is 2.11. The number of carbonyl (C=O) groups is 1. The van der Waals surface area contributed by atoms with Crippen LogP contribution in [0.2, 0.25) is 0 Å². The van der Waals surface area contributed by atoms with Crippen LogP contribution in [0.1, 0.15) is 30.7 Å². The number of carboxylic acid groups (broad SMARTS) is 1. The van der Waals surface area contributed by atoms with Gasteiger partial charge in [-0.1, -0.05) is 30.3 Å². The molecule has 4 nitrogen and oxygen atoms in total. The summed E-state index contributed by atoms with van der Waals surface area (Å²) in [4.78, 5) is 15.1. The minimum absolute atomic E-state index is 0.122. The first-order valence-corrected chi connectivity index (χ1v) is 6.69. The zero-order valence-electron chi connectivity index (χ0n) is 11.2. The van der Waals surface area contributed by atoms with Crippen LogP contribution in [0.3, 0.4) is 0 Å². The van der Waals surface area contributed by atoms with Gasteiger partial charge in [0.05, 0.1) is 6.34 Å². The second kappa shape index (κ2) is 7.28. The van der Waals surface area contributed by atoms with E-state index in [0.717, 1.165) is 17.7 Å². The van der Waals surface area contributed by atoms with Crippen molar-refractivity contribution in [2.45, 2.75) is 25.2 Å². The van der Waals surface area contributed by atoms with E-state index in [1.165, 1.54) is 0 Å². The van der Waals surface area contributed by atoms with Crippen molar-refractivity contribution in [2.75, 3.05) is 0 Å². The lowest BCUT2D eigenvalue weighted by atomic mass is 9.90. The minimum atomic E-state index is -0.753. The largest absolute Gasteiger partial charge is 0.481 e. The molecule has 0 bridgehead atoms. The lowest BCUT2D eigenvalue weighted by Gasteiger charge is -2.17. The van der Waals surface area contributed by atoms with Gasteiger partial charge in [-0.05, 0) is 30.6 Å². The molecular weight excluding hydrogens is 252 g/mol. The van der Waals surface area contributed by atoms with Gasteiger partial charge in [0.25, 0.3) is 0 Å². The maximum atomic E-state index is 10.7. The monoisotopic (exact) mass is 270 g/mol. The van der Waals surface area contributed by atoms with E-state index in [9.17, 15) is 4.79 Å². The SMILES string of the molecule is O=C(O)CCCC(C1=CC=CNC=N1)c1ccccc1. The standard InChI is InChI=1S/C16H18N2O2/c19-16(20)10-4-8-14(13-6-2-1-3-7-13)15-9-5-11-17-12-18-15/h1-3,5-7,9,11-12,14H,4,8,10H2,(H,17,18)(H,19,20). The molecule has 2 rings (SSSR count). The Balaban J connectivity index is 2.17. The summed E-state index contributed by atoms with van der Waals surface area (Å²) in [6.07, 6.45) is 8.95. The molecule has 1 aromatic carbocycles. The van der Waals surface area contributed by atoms with Gasteiger partial charge in [0.1, 0.15) is 0 Å². The Bertz CT molecular complexity index is 533. The highest BCUT2D eigenvalue weighted by Crippen LogP contribution is 2.30. The average molecular weight is 270 g/mol. The Labute approximate surface area is 118 Å². The van der Waals surface area contributed by atoms with Crippen LogP contribution < -0.4 is 5.32 Å². The Hall–Kier alpha value is -2.36. The highest BCUT2D eigenvalue weighted by atomic mass is 16.4. The second-order valence-electron chi connectivity index (χ2n) is 4.62. The van der Waals surface area contributed by atoms with E-state index >= 15 is 0 Å². The lowest BCUT2D eigenvalue weighted by Crippen LogP contribution is -2.05. The van der Waals surface area contributed by atoms with Crippen LogP contribution in [-0.2, 0) is 4.79 Å². The molecule has 0 aromatic heterocycles. The van der Waals surface area contributed by atoms with Crippen LogP contribution >= 0.6 is 0 Å². The molecule has 0 fully saturated rings. The van der Waals surface area contributed by atoms with Crippen LogP contribution in [0.25, 0.3) is 0 Å². The van der Waals surface area contributed by atoms with Crippen LogP contribution in [0.15, 0.2) is 59.4 Å². The third kappa shape index (κ3) is 4.09. The van der Waals surface area contributed by atoms with Gasteiger partial charge in [-0.15, -0.1) is 0 Å². The van der Waals surface area contributed by atoms with Crippen molar-refractivity contribution in [3.8, 4) is 0 Å². The lowest BCUT2D eigenvalue weighted by molar-refractivity contribution is -0.137. The Morgan fingerprint density at radius 3 is 2.85 bits per heavy atom. The minimum Gasteiger partial charge on any atom is -0.481 e. The zero-order valence-corrected chi connectivity index (χ0v) is 11.2. The third-order valence-electron chi connectivity index (χ3n) is 3.19. The van der Waals surface area contributed by atoms with Crippen molar-refractivity contribution in [3.05, 3.63) is 59.9 Å². The maximum absolute atomic E-state index is 10.7. The van der Waals surface area contributed by atoms with Gasteiger partial charge in [-0.3, -0.25) is 4.79 Å². The number of aliphatic carboxylic acids is 1. The molecule has 1 heterocycles. The summed E-state index contributed by atoms with van der Waals surface area (Å²) in [6, 6.07) is 10.1. The quantitative estimate of drug-likeness (QED) is 0.835. The van der Waals surface area contributed by atoms with Crippen molar-refractivity contribution < 1.29 is 9.90 Å². The summed E-state index contributed by atoms with van der Waals surface area (Å²) in [5.74, 6) is -0.631. The van der Waals surface area contributed by atoms with Crippen molar-refractivity contribution in [3.63, 3.8) is 0 Å². The predicted molar refractivity (Wildman–Crippen MR) is 79.5 cm³/mol. The molecule has 1 atom stereocenters. The molecule has 1 aliphatic heterocycles. The van der Waals surface area contributed by atoms with Crippen LogP contribution in [0, 0.1) is 0 Å². The molecular formula is C16H18N2O2. The van der Waals surface area contributed by atoms with Gasteiger partial charge in [0.2, 0.25) is 0 Å². The van der Waals surface area contributed by atoms with Crippen molar-refractivity contribution in [1.29, 1.82) is 0 Å². The Morgan fingerprint density at radius 1 is 1.30 bits per heavy atom. The Morgan fingerprint density at radius 2 is 2.10 bits per heavy atom. The first-order chi connectivity index (χ1) is 9.77.